The van der Waals surface area contributed by atoms with Crippen LogP contribution >= 0.6 is 0 Å². The van der Waals surface area contributed by atoms with Gasteiger partial charge in [-0.2, -0.15) is 0 Å². The summed E-state index contributed by atoms with van der Waals surface area (Å²) in [6, 6.07) is 0.205. The van der Waals surface area contributed by atoms with Gasteiger partial charge in [-0.1, -0.05) is 24.5 Å². The van der Waals surface area contributed by atoms with Gasteiger partial charge < -0.3 is 15.1 Å². The molecule has 27 heavy (non-hydrogen) atoms. The Balaban J connectivity index is 1.47. The van der Waals surface area contributed by atoms with Crippen molar-refractivity contribution in [3.05, 3.63) is 11.9 Å². The van der Waals surface area contributed by atoms with Crippen LogP contribution in [0.5, 0.6) is 0 Å². The Hall–Kier alpha value is -1.96. The van der Waals surface area contributed by atoms with E-state index in [1.807, 2.05) is 23.9 Å². The Morgan fingerprint density at radius 2 is 1.85 bits per heavy atom. The normalized spacial score (nSPS) is 19.4. The summed E-state index contributed by atoms with van der Waals surface area (Å²) in [6.07, 6.45) is 9.20. The highest BCUT2D eigenvalue weighted by Crippen LogP contribution is 2.28. The Bertz CT molecular complexity index is 630. The second-order valence-electron chi connectivity index (χ2n) is 8.03. The minimum Gasteiger partial charge on any atom is -0.349 e. The molecule has 1 saturated heterocycles. The SMILES string of the molecule is CN(C)CCNC(=O)c1cn(C2CCN(C(=O)C3CCCCC3)CC2)nn1. The highest BCUT2D eigenvalue weighted by Gasteiger charge is 2.30. The summed E-state index contributed by atoms with van der Waals surface area (Å²) >= 11 is 0. The van der Waals surface area contributed by atoms with Crippen LogP contribution in [-0.4, -0.2) is 76.9 Å². The number of aromatic nitrogens is 3. The first-order chi connectivity index (χ1) is 13.0. The van der Waals surface area contributed by atoms with E-state index in [9.17, 15) is 9.59 Å². The van der Waals surface area contributed by atoms with Crippen molar-refractivity contribution in [1.82, 2.24) is 30.1 Å². The van der Waals surface area contributed by atoms with Crippen LogP contribution in [0.1, 0.15) is 61.5 Å². The first kappa shape index (κ1) is 19.8. The monoisotopic (exact) mass is 376 g/mol. The zero-order valence-corrected chi connectivity index (χ0v) is 16.6. The Kier molecular flexibility index (Phi) is 6.82. The summed E-state index contributed by atoms with van der Waals surface area (Å²) in [4.78, 5) is 28.9. The molecular weight excluding hydrogens is 344 g/mol. The molecule has 1 aliphatic carbocycles. The van der Waals surface area contributed by atoms with Crippen LogP contribution in [0.3, 0.4) is 0 Å². The van der Waals surface area contributed by atoms with Crippen molar-refractivity contribution in [2.45, 2.75) is 51.0 Å². The lowest BCUT2D eigenvalue weighted by Gasteiger charge is -2.35. The van der Waals surface area contributed by atoms with Crippen molar-refractivity contribution in [2.75, 3.05) is 40.3 Å². The van der Waals surface area contributed by atoms with Gasteiger partial charge in [0.2, 0.25) is 5.91 Å². The molecule has 8 nitrogen and oxygen atoms in total. The summed E-state index contributed by atoms with van der Waals surface area (Å²) in [5, 5.41) is 11.0. The average Bonchev–Trinajstić information content (AvgIpc) is 3.18. The van der Waals surface area contributed by atoms with Crippen LogP contribution in [-0.2, 0) is 4.79 Å². The van der Waals surface area contributed by atoms with E-state index in [0.717, 1.165) is 45.3 Å². The van der Waals surface area contributed by atoms with Gasteiger partial charge in [0.05, 0.1) is 12.2 Å². The molecule has 3 rings (SSSR count). The van der Waals surface area contributed by atoms with E-state index in [1.54, 1.807) is 10.9 Å². The third kappa shape index (κ3) is 5.28. The standard InChI is InChI=1S/C19H32N6O2/c1-23(2)13-10-20-18(26)17-14-25(22-21-17)16-8-11-24(12-9-16)19(27)15-6-4-3-5-7-15/h14-16H,3-13H2,1-2H3,(H,20,26). The molecular formula is C19H32N6O2. The minimum atomic E-state index is -0.187. The Morgan fingerprint density at radius 1 is 1.15 bits per heavy atom. The molecule has 2 fully saturated rings. The lowest BCUT2D eigenvalue weighted by Crippen LogP contribution is -2.42. The van der Waals surface area contributed by atoms with Crippen molar-refractivity contribution >= 4 is 11.8 Å². The van der Waals surface area contributed by atoms with Crippen LogP contribution < -0.4 is 5.32 Å². The highest BCUT2D eigenvalue weighted by molar-refractivity contribution is 5.91. The number of nitrogens with one attached hydrogen (secondary N) is 1. The van der Waals surface area contributed by atoms with Crippen molar-refractivity contribution in [3.63, 3.8) is 0 Å². The second-order valence-corrected chi connectivity index (χ2v) is 8.03. The van der Waals surface area contributed by atoms with E-state index in [2.05, 4.69) is 15.6 Å². The van der Waals surface area contributed by atoms with E-state index in [4.69, 9.17) is 0 Å². The van der Waals surface area contributed by atoms with Gasteiger partial charge in [-0.15, -0.1) is 5.10 Å². The van der Waals surface area contributed by atoms with Gasteiger partial charge >= 0.3 is 0 Å². The fourth-order valence-corrected chi connectivity index (χ4v) is 4.00. The first-order valence-corrected chi connectivity index (χ1v) is 10.2. The molecule has 1 aliphatic heterocycles. The fraction of sp³-hybridized carbons (Fsp3) is 0.789. The zero-order valence-electron chi connectivity index (χ0n) is 16.6. The summed E-state index contributed by atoms with van der Waals surface area (Å²) < 4.78 is 1.79. The molecule has 1 saturated carbocycles. The maximum Gasteiger partial charge on any atom is 0.273 e. The molecule has 1 aromatic heterocycles. The van der Waals surface area contributed by atoms with Crippen LogP contribution in [0, 0.1) is 5.92 Å². The lowest BCUT2D eigenvalue weighted by molar-refractivity contribution is -0.137. The maximum absolute atomic E-state index is 12.7. The van der Waals surface area contributed by atoms with E-state index in [0.29, 0.717) is 18.1 Å². The highest BCUT2D eigenvalue weighted by atomic mass is 16.2. The number of carbonyl (C=O) groups is 2. The Labute approximate surface area is 161 Å². The van der Waals surface area contributed by atoms with E-state index in [1.165, 1.54) is 19.3 Å². The maximum atomic E-state index is 12.7. The molecule has 1 aromatic rings. The predicted molar refractivity (Wildman–Crippen MR) is 102 cm³/mol. The molecule has 0 aromatic carbocycles. The number of likely N-dealkylation sites (N-methyl/N-ethyl adjacent to an activating group) is 1. The molecule has 2 aliphatic rings. The van der Waals surface area contributed by atoms with Crippen molar-refractivity contribution in [3.8, 4) is 0 Å². The Morgan fingerprint density at radius 3 is 2.52 bits per heavy atom. The van der Waals surface area contributed by atoms with Crippen LogP contribution in [0.2, 0.25) is 0 Å². The molecule has 1 N–H and O–H groups in total. The lowest BCUT2D eigenvalue weighted by atomic mass is 9.87. The molecule has 0 bridgehead atoms. The first-order valence-electron chi connectivity index (χ1n) is 10.2. The quantitative estimate of drug-likeness (QED) is 0.809. The van der Waals surface area contributed by atoms with Gasteiger partial charge in [0, 0.05) is 32.1 Å². The van der Waals surface area contributed by atoms with Gasteiger partial charge in [-0.25, -0.2) is 4.68 Å². The number of hydrogen-bond acceptors (Lipinski definition) is 5. The van der Waals surface area contributed by atoms with Crippen LogP contribution in [0.15, 0.2) is 6.20 Å². The predicted octanol–water partition coefficient (Wildman–Crippen LogP) is 1.31. The van der Waals surface area contributed by atoms with Crippen molar-refractivity contribution in [2.24, 2.45) is 5.92 Å². The van der Waals surface area contributed by atoms with E-state index in [-0.39, 0.29) is 17.9 Å². The topological polar surface area (TPSA) is 83.4 Å². The largest absolute Gasteiger partial charge is 0.349 e. The van der Waals surface area contributed by atoms with E-state index >= 15 is 0 Å². The molecule has 2 heterocycles. The summed E-state index contributed by atoms with van der Waals surface area (Å²) in [5.74, 6) is 0.389. The number of amides is 2. The number of carbonyl (C=O) groups excluding carboxylic acids is 2. The van der Waals surface area contributed by atoms with Crippen molar-refractivity contribution in [1.29, 1.82) is 0 Å². The van der Waals surface area contributed by atoms with Gasteiger partial charge in [0.25, 0.3) is 5.91 Å². The molecule has 0 radical (unpaired) electrons. The van der Waals surface area contributed by atoms with Gasteiger partial charge in [0.1, 0.15) is 0 Å². The average molecular weight is 377 g/mol. The van der Waals surface area contributed by atoms with Gasteiger partial charge in [-0.05, 0) is 39.8 Å². The number of piperidine rings is 1. The van der Waals surface area contributed by atoms with Gasteiger partial charge in [0.15, 0.2) is 5.69 Å². The zero-order chi connectivity index (χ0) is 19.2. The summed E-state index contributed by atoms with van der Waals surface area (Å²) in [7, 11) is 3.93. The minimum absolute atomic E-state index is 0.187. The van der Waals surface area contributed by atoms with Gasteiger partial charge in [-0.3, -0.25) is 9.59 Å². The van der Waals surface area contributed by atoms with Crippen LogP contribution in [0.4, 0.5) is 0 Å². The molecule has 2 amide bonds. The molecule has 0 atom stereocenters. The molecule has 150 valence electrons. The second kappa shape index (κ2) is 9.30. The fourth-order valence-electron chi connectivity index (χ4n) is 4.00. The number of hydrogen-bond donors (Lipinski definition) is 1. The smallest absolute Gasteiger partial charge is 0.273 e. The van der Waals surface area contributed by atoms with Crippen LogP contribution in [0.25, 0.3) is 0 Å². The molecule has 8 heteroatoms. The third-order valence-electron chi connectivity index (χ3n) is 5.69. The third-order valence-corrected chi connectivity index (χ3v) is 5.69. The van der Waals surface area contributed by atoms with E-state index < -0.39 is 0 Å². The molecule has 0 unspecified atom stereocenters. The summed E-state index contributed by atoms with van der Waals surface area (Å²) in [5.41, 5.74) is 0.356. The van der Waals surface area contributed by atoms with Crippen molar-refractivity contribution < 1.29 is 9.59 Å². The molecule has 0 spiro atoms. The number of nitrogens with zero attached hydrogens (tertiary/aromatic N) is 5. The number of likely N-dealkylation sites (tertiary alicyclic amines) is 1. The summed E-state index contributed by atoms with van der Waals surface area (Å²) in [6.45, 7) is 2.90. The number of rotatable bonds is 6.